The summed E-state index contributed by atoms with van der Waals surface area (Å²) in [6.07, 6.45) is -5.36. The Morgan fingerprint density at radius 2 is 1.68 bits per heavy atom. The third kappa shape index (κ3) is 9.90. The molecule has 1 aliphatic heterocycles. The molecule has 0 bridgehead atoms. The molecule has 0 radical (unpaired) electrons. The first-order valence-electron chi connectivity index (χ1n) is 10.9. The van der Waals surface area contributed by atoms with Gasteiger partial charge in [0.25, 0.3) is 0 Å². The minimum Gasteiger partial charge on any atom is -0.455 e. The molecule has 4 unspecified atom stereocenters. The van der Waals surface area contributed by atoms with Crippen LogP contribution in [0.15, 0.2) is 17.1 Å². The van der Waals surface area contributed by atoms with E-state index in [4.69, 9.17) is 24.5 Å². The lowest BCUT2D eigenvalue weighted by molar-refractivity contribution is -0.159. The van der Waals surface area contributed by atoms with Gasteiger partial charge in [0.1, 0.15) is 18.0 Å². The van der Waals surface area contributed by atoms with Crippen LogP contribution in [0.1, 0.15) is 40.8 Å². The lowest BCUT2D eigenvalue weighted by atomic mass is 10.1. The molecule has 0 amide bonds. The minimum absolute atomic E-state index is 0.0941. The molecule has 38 heavy (non-hydrogen) atoms. The van der Waals surface area contributed by atoms with Gasteiger partial charge in [-0.2, -0.15) is 13.6 Å². The van der Waals surface area contributed by atoms with E-state index in [9.17, 15) is 38.0 Å². The fourth-order valence-electron chi connectivity index (χ4n) is 3.23. The number of rotatable bonds is 13. The van der Waals surface area contributed by atoms with Crippen LogP contribution in [-0.2, 0) is 50.4 Å². The molecule has 0 aliphatic carbocycles. The number of phosphoric ester groups is 2. The first-order valence-corrected chi connectivity index (χ1v) is 15.4. The summed E-state index contributed by atoms with van der Waals surface area (Å²) < 4.78 is 71.1. The third-order valence-corrected chi connectivity index (χ3v) is 8.77. The number of hydrogen-bond donors (Lipinski definition) is 4. The Bertz CT molecular complexity index is 1190. The van der Waals surface area contributed by atoms with Crippen LogP contribution in [0.2, 0.25) is 0 Å². The molecular weight excluding hydrogens is 579 g/mol. The lowest BCUT2D eigenvalue weighted by Crippen LogP contribution is -2.42. The molecule has 1 aromatic rings. The van der Waals surface area contributed by atoms with Gasteiger partial charge in [0.2, 0.25) is 0 Å². The van der Waals surface area contributed by atoms with Crippen molar-refractivity contribution in [2.24, 2.45) is 0 Å². The van der Waals surface area contributed by atoms with Gasteiger partial charge < -0.3 is 34.6 Å². The van der Waals surface area contributed by atoms with Crippen LogP contribution >= 0.6 is 23.5 Å². The van der Waals surface area contributed by atoms with Gasteiger partial charge in [0.05, 0.1) is 18.8 Å². The summed E-state index contributed by atoms with van der Waals surface area (Å²) in [5.74, 6) is -0.867. The molecule has 2 rings (SSSR count). The number of phosphoric acid groups is 3. The van der Waals surface area contributed by atoms with Gasteiger partial charge in [-0.3, -0.25) is 18.4 Å². The predicted octanol–water partition coefficient (Wildman–Crippen LogP) is 1.22. The molecule has 1 aliphatic rings. The Kier molecular flexibility index (Phi) is 11.0. The molecule has 5 N–H and O–H groups in total. The molecule has 18 nitrogen and oxygen atoms in total. The van der Waals surface area contributed by atoms with Crippen molar-refractivity contribution in [3.8, 4) is 0 Å². The van der Waals surface area contributed by atoms with Crippen molar-refractivity contribution >= 4 is 35.3 Å². The third-order valence-electron chi connectivity index (χ3n) is 4.30. The number of esters is 1. The molecule has 1 aromatic heterocycles. The van der Waals surface area contributed by atoms with E-state index in [1.54, 1.807) is 13.8 Å². The first kappa shape index (κ1) is 32.7. The maximum Gasteiger partial charge on any atom is 0.490 e. The maximum atomic E-state index is 12.4. The summed E-state index contributed by atoms with van der Waals surface area (Å²) in [4.78, 5) is 56.9. The van der Waals surface area contributed by atoms with Gasteiger partial charge in [-0.05, 0) is 33.8 Å². The van der Waals surface area contributed by atoms with E-state index in [1.807, 2.05) is 0 Å². The fourth-order valence-corrected chi connectivity index (χ4v) is 6.92. The van der Waals surface area contributed by atoms with E-state index < -0.39 is 78.5 Å². The topological polar surface area (TPSA) is 254 Å². The Morgan fingerprint density at radius 3 is 2.21 bits per heavy atom. The van der Waals surface area contributed by atoms with Crippen molar-refractivity contribution < 1.29 is 65.0 Å². The standard InChI is InChI=1S/C17H30N3O15P3/c1-9(2)30-14-12(8-29-36(23,24)34-38(27,28)35-37(25,26)33-10(3)4)32-16(15(14)31-11(5)21)20-7-6-13(18)19-17(20)22/h6-7,9-10,12,14-16H,8H2,1-5H3,(H,23,24)(H,25,26)(H,27,28)(H2,18,19,22)/t12-,14?,15+,16-/m1/s1. The Balaban J connectivity index is 2.26. The average molecular weight is 609 g/mol. The van der Waals surface area contributed by atoms with Crippen LogP contribution in [0.4, 0.5) is 5.82 Å². The second kappa shape index (κ2) is 12.8. The van der Waals surface area contributed by atoms with Gasteiger partial charge in [0.15, 0.2) is 12.3 Å². The van der Waals surface area contributed by atoms with E-state index in [1.165, 1.54) is 26.1 Å². The number of carbonyl (C=O) groups is 1. The monoisotopic (exact) mass is 609 g/mol. The first-order chi connectivity index (χ1) is 17.3. The molecule has 218 valence electrons. The minimum atomic E-state index is -5.68. The summed E-state index contributed by atoms with van der Waals surface area (Å²) in [6.45, 7) is 6.09. The van der Waals surface area contributed by atoms with Crippen LogP contribution in [0.3, 0.4) is 0 Å². The highest BCUT2D eigenvalue weighted by Crippen LogP contribution is 2.68. The van der Waals surface area contributed by atoms with Crippen LogP contribution in [-0.4, -0.2) is 67.3 Å². The van der Waals surface area contributed by atoms with Gasteiger partial charge >= 0.3 is 35.1 Å². The van der Waals surface area contributed by atoms with E-state index in [0.29, 0.717) is 0 Å². The normalized spacial score (nSPS) is 26.6. The number of hydrogen-bond acceptors (Lipinski definition) is 14. The molecule has 1 saturated heterocycles. The van der Waals surface area contributed by atoms with Crippen molar-refractivity contribution in [1.82, 2.24) is 9.55 Å². The summed E-state index contributed by atoms with van der Waals surface area (Å²) in [6, 6.07) is 1.27. The van der Waals surface area contributed by atoms with Crippen molar-refractivity contribution in [2.75, 3.05) is 12.3 Å². The van der Waals surface area contributed by atoms with E-state index in [-0.39, 0.29) is 5.82 Å². The van der Waals surface area contributed by atoms with Crippen LogP contribution in [0, 0.1) is 0 Å². The van der Waals surface area contributed by atoms with Gasteiger partial charge in [-0.1, -0.05) is 0 Å². The Labute approximate surface area is 216 Å². The van der Waals surface area contributed by atoms with E-state index >= 15 is 0 Å². The second-order valence-corrected chi connectivity index (χ2v) is 12.9. The van der Waals surface area contributed by atoms with E-state index in [2.05, 4.69) is 18.1 Å². The molecule has 7 atom stereocenters. The highest BCUT2D eigenvalue weighted by Gasteiger charge is 2.51. The summed E-state index contributed by atoms with van der Waals surface area (Å²) >= 11 is 0. The number of ether oxygens (including phenoxy) is 3. The molecule has 0 saturated carbocycles. The van der Waals surface area contributed by atoms with Crippen LogP contribution in [0.25, 0.3) is 0 Å². The molecule has 21 heteroatoms. The van der Waals surface area contributed by atoms with Gasteiger partial charge in [0, 0.05) is 13.1 Å². The Hall–Kier alpha value is -1.52. The summed E-state index contributed by atoms with van der Waals surface area (Å²) in [7, 11) is -16.3. The van der Waals surface area contributed by atoms with Crippen molar-refractivity contribution in [3.05, 3.63) is 22.7 Å². The quantitative estimate of drug-likeness (QED) is 0.181. The maximum absolute atomic E-state index is 12.4. The zero-order valence-corrected chi connectivity index (χ0v) is 23.6. The number of nitrogens with two attached hydrogens (primary N) is 1. The van der Waals surface area contributed by atoms with E-state index in [0.717, 1.165) is 11.5 Å². The van der Waals surface area contributed by atoms with Gasteiger partial charge in [-0.15, -0.1) is 0 Å². The lowest BCUT2D eigenvalue weighted by Gasteiger charge is -2.26. The molecular formula is C17H30N3O15P3. The molecule has 0 spiro atoms. The summed E-state index contributed by atoms with van der Waals surface area (Å²) in [5.41, 5.74) is 4.64. The fraction of sp³-hybridized carbons (Fsp3) is 0.706. The van der Waals surface area contributed by atoms with Crippen molar-refractivity contribution in [3.63, 3.8) is 0 Å². The van der Waals surface area contributed by atoms with Crippen molar-refractivity contribution in [2.45, 2.75) is 71.4 Å². The zero-order chi connectivity index (χ0) is 29.1. The SMILES string of the molecule is CC(=O)O[C@H]1C(OC(C)C)[C@@H](COP(=O)(O)OP(=O)(O)OP(=O)(O)OC(C)C)O[C@H]1n1ccc(N)nc1=O. The largest absolute Gasteiger partial charge is 0.490 e. The predicted molar refractivity (Wildman–Crippen MR) is 126 cm³/mol. The number of anilines is 1. The number of nitrogens with zero attached hydrogens (tertiary/aromatic N) is 2. The molecule has 2 heterocycles. The number of aromatic nitrogens is 2. The molecule has 0 aromatic carbocycles. The summed E-state index contributed by atoms with van der Waals surface area (Å²) in [5, 5.41) is 0. The van der Waals surface area contributed by atoms with Crippen LogP contribution < -0.4 is 11.4 Å². The molecule has 1 fully saturated rings. The van der Waals surface area contributed by atoms with Crippen molar-refractivity contribution in [1.29, 1.82) is 0 Å². The number of carbonyl (C=O) groups excluding carboxylic acids is 1. The zero-order valence-electron chi connectivity index (χ0n) is 20.9. The van der Waals surface area contributed by atoms with Gasteiger partial charge in [-0.25, -0.2) is 18.5 Å². The smallest absolute Gasteiger partial charge is 0.455 e. The Morgan fingerprint density at radius 1 is 1.08 bits per heavy atom. The number of nitrogen functional groups attached to an aromatic ring is 1. The average Bonchev–Trinajstić information content (AvgIpc) is 2.99. The highest BCUT2D eigenvalue weighted by molar-refractivity contribution is 7.66. The van der Waals surface area contributed by atoms with Crippen LogP contribution in [0.5, 0.6) is 0 Å². The second-order valence-electron chi connectivity index (χ2n) is 8.35. The highest BCUT2D eigenvalue weighted by atomic mass is 31.3.